The Kier molecular flexibility index (Phi) is 5.25. The Hall–Kier alpha value is -1.80. The van der Waals surface area contributed by atoms with E-state index >= 15 is 0 Å². The van der Waals surface area contributed by atoms with E-state index in [9.17, 15) is 4.39 Å². The fourth-order valence-electron chi connectivity index (χ4n) is 2.61. The number of nitrogens with zero attached hydrogens (tertiary/aromatic N) is 4. The summed E-state index contributed by atoms with van der Waals surface area (Å²) in [5.41, 5.74) is 0. The van der Waals surface area contributed by atoms with Gasteiger partial charge in [-0.15, -0.1) is 0 Å². The summed E-state index contributed by atoms with van der Waals surface area (Å²) in [6, 6.07) is 0. The molecule has 0 spiro atoms. The van der Waals surface area contributed by atoms with E-state index in [2.05, 4.69) is 25.4 Å². The highest BCUT2D eigenvalue weighted by molar-refractivity contribution is 6.28. The molecule has 0 amide bonds. The van der Waals surface area contributed by atoms with Crippen molar-refractivity contribution >= 4 is 11.6 Å². The maximum Gasteiger partial charge on any atom is 0.268 e. The van der Waals surface area contributed by atoms with E-state index in [4.69, 9.17) is 20.9 Å². The summed E-state index contributed by atoms with van der Waals surface area (Å²) < 4.78 is 25.7. The van der Waals surface area contributed by atoms with E-state index in [0.717, 1.165) is 0 Å². The van der Waals surface area contributed by atoms with Crippen LogP contribution in [-0.2, 0) is 0 Å². The monoisotopic (exact) mass is 355 g/mol. The van der Waals surface area contributed by atoms with Gasteiger partial charge in [-0.25, -0.2) is 14.4 Å². The van der Waals surface area contributed by atoms with Crippen LogP contribution in [-0.4, -0.2) is 39.4 Å². The Morgan fingerprint density at radius 2 is 2.12 bits per heavy atom. The molecule has 3 unspecified atom stereocenters. The molecule has 3 rings (SSSR count). The lowest BCUT2D eigenvalue weighted by atomic mass is 9.90. The highest BCUT2D eigenvalue weighted by atomic mass is 35.5. The normalized spacial score (nSPS) is 22.5. The summed E-state index contributed by atoms with van der Waals surface area (Å²) >= 11 is 5.69. The topological polar surface area (TPSA) is 86.0 Å². The van der Waals surface area contributed by atoms with Crippen molar-refractivity contribution in [3.63, 3.8) is 0 Å². The molecule has 24 heavy (non-hydrogen) atoms. The molecule has 0 radical (unpaired) electrons. The summed E-state index contributed by atoms with van der Waals surface area (Å²) in [6.45, 7) is 4.89. The Balaban J connectivity index is 1.88. The zero-order valence-corrected chi connectivity index (χ0v) is 14.2. The zero-order valence-electron chi connectivity index (χ0n) is 13.4. The molecule has 9 heteroatoms. The van der Waals surface area contributed by atoms with E-state index in [1.165, 1.54) is 12.4 Å². The number of hydrogen-bond acceptors (Lipinski definition) is 7. The van der Waals surface area contributed by atoms with Gasteiger partial charge in [0.25, 0.3) is 5.89 Å². The average Bonchev–Trinajstić information content (AvgIpc) is 3.05. The largest absolute Gasteiger partial charge is 0.477 e. The third-order valence-electron chi connectivity index (χ3n) is 3.92. The van der Waals surface area contributed by atoms with Crippen LogP contribution in [0.5, 0.6) is 5.75 Å². The summed E-state index contributed by atoms with van der Waals surface area (Å²) in [6.07, 6.45) is 1.70. The average molecular weight is 356 g/mol. The van der Waals surface area contributed by atoms with Gasteiger partial charge in [0.1, 0.15) is 6.17 Å². The molecule has 0 bridgehead atoms. The minimum atomic E-state index is -1.08. The molecule has 1 aliphatic heterocycles. The van der Waals surface area contributed by atoms with Crippen LogP contribution in [0.1, 0.15) is 44.0 Å². The molecule has 1 N–H and O–H groups in total. The van der Waals surface area contributed by atoms with Gasteiger partial charge in [-0.3, -0.25) is 0 Å². The van der Waals surface area contributed by atoms with Crippen LogP contribution in [0.3, 0.4) is 0 Å². The maximum absolute atomic E-state index is 14.4. The van der Waals surface area contributed by atoms with Crippen LogP contribution >= 0.6 is 11.6 Å². The van der Waals surface area contributed by atoms with Gasteiger partial charge in [-0.2, -0.15) is 4.98 Å². The molecule has 3 atom stereocenters. The smallest absolute Gasteiger partial charge is 0.268 e. The fraction of sp³-hybridized carbons (Fsp3) is 0.600. The van der Waals surface area contributed by atoms with E-state index < -0.39 is 18.2 Å². The minimum absolute atomic E-state index is 0.108. The zero-order chi connectivity index (χ0) is 17.1. The van der Waals surface area contributed by atoms with Crippen LogP contribution in [0.25, 0.3) is 0 Å². The molecule has 2 aromatic heterocycles. The lowest BCUT2D eigenvalue weighted by Gasteiger charge is -2.31. The Bertz CT molecular complexity index is 666. The summed E-state index contributed by atoms with van der Waals surface area (Å²) in [5.74, 6) is 0.913. The van der Waals surface area contributed by atoms with E-state index in [0.29, 0.717) is 24.5 Å². The van der Waals surface area contributed by atoms with Gasteiger partial charge < -0.3 is 14.6 Å². The number of ether oxygens (including phenoxy) is 1. The number of hydrogen-bond donors (Lipinski definition) is 1. The molecular formula is C15H19ClFN5O2. The summed E-state index contributed by atoms with van der Waals surface area (Å²) in [5, 5.41) is 7.10. The van der Waals surface area contributed by atoms with Crippen LogP contribution in [0.15, 0.2) is 16.9 Å². The van der Waals surface area contributed by atoms with Gasteiger partial charge in [0.15, 0.2) is 17.7 Å². The standard InChI is InChI=1S/C15H19ClFN5O2/c1-8(2)13-21-14(24-22-13)12(10-3-4-18-7-11(10)17)23-9-5-19-15(16)20-6-9/h5-6,8,10-12,18H,3-4,7H2,1-2H3. The van der Waals surface area contributed by atoms with E-state index in [1.807, 2.05) is 13.8 Å². The van der Waals surface area contributed by atoms with Crippen molar-refractivity contribution in [1.29, 1.82) is 0 Å². The Morgan fingerprint density at radius 1 is 1.38 bits per heavy atom. The molecule has 0 aromatic carbocycles. The fourth-order valence-corrected chi connectivity index (χ4v) is 2.71. The Labute approximate surface area is 144 Å². The van der Waals surface area contributed by atoms with Gasteiger partial charge in [0.05, 0.1) is 12.4 Å². The van der Waals surface area contributed by atoms with Crippen molar-refractivity contribution < 1.29 is 13.7 Å². The second-order valence-corrected chi connectivity index (χ2v) is 6.38. The van der Waals surface area contributed by atoms with E-state index in [1.54, 1.807) is 0 Å². The molecule has 0 saturated carbocycles. The molecule has 0 aliphatic carbocycles. The molecule has 3 heterocycles. The van der Waals surface area contributed by atoms with Crippen molar-refractivity contribution in [2.75, 3.05) is 13.1 Å². The lowest BCUT2D eigenvalue weighted by molar-refractivity contribution is 0.0319. The summed E-state index contributed by atoms with van der Waals surface area (Å²) in [4.78, 5) is 12.1. The highest BCUT2D eigenvalue weighted by Crippen LogP contribution is 2.34. The molecule has 7 nitrogen and oxygen atoms in total. The Morgan fingerprint density at radius 3 is 2.75 bits per heavy atom. The molecule has 1 saturated heterocycles. The van der Waals surface area contributed by atoms with Crippen LogP contribution in [0.2, 0.25) is 5.28 Å². The SMILES string of the molecule is CC(C)c1noc(C(Oc2cnc(Cl)nc2)C2CCNCC2F)n1. The number of rotatable bonds is 5. The molecule has 1 fully saturated rings. The molecule has 130 valence electrons. The van der Waals surface area contributed by atoms with Gasteiger partial charge in [0, 0.05) is 18.4 Å². The van der Waals surface area contributed by atoms with Crippen LogP contribution in [0.4, 0.5) is 4.39 Å². The first-order chi connectivity index (χ1) is 11.5. The second-order valence-electron chi connectivity index (χ2n) is 6.04. The van der Waals surface area contributed by atoms with Crippen molar-refractivity contribution in [3.8, 4) is 5.75 Å². The van der Waals surface area contributed by atoms with Crippen molar-refractivity contribution in [2.24, 2.45) is 5.92 Å². The second kappa shape index (κ2) is 7.40. The van der Waals surface area contributed by atoms with Gasteiger partial charge >= 0.3 is 0 Å². The van der Waals surface area contributed by atoms with Crippen LogP contribution in [0, 0.1) is 5.92 Å². The number of piperidine rings is 1. The predicted molar refractivity (Wildman–Crippen MR) is 84.7 cm³/mol. The third-order valence-corrected chi connectivity index (χ3v) is 4.12. The highest BCUT2D eigenvalue weighted by Gasteiger charge is 2.38. The number of alkyl halides is 1. The van der Waals surface area contributed by atoms with E-state index in [-0.39, 0.29) is 23.6 Å². The first-order valence-corrected chi connectivity index (χ1v) is 8.25. The summed E-state index contributed by atoms with van der Waals surface area (Å²) in [7, 11) is 0. The lowest BCUT2D eigenvalue weighted by Crippen LogP contribution is -2.42. The number of aromatic nitrogens is 4. The first kappa shape index (κ1) is 17.0. The predicted octanol–water partition coefficient (Wildman–Crippen LogP) is 2.70. The molecule has 2 aromatic rings. The number of halogens is 2. The molecule has 1 aliphatic rings. The molecular weight excluding hydrogens is 337 g/mol. The van der Waals surface area contributed by atoms with Crippen molar-refractivity contribution in [1.82, 2.24) is 25.4 Å². The minimum Gasteiger partial charge on any atom is -0.477 e. The number of nitrogens with one attached hydrogen (secondary N) is 1. The third kappa shape index (κ3) is 3.81. The maximum atomic E-state index is 14.4. The first-order valence-electron chi connectivity index (χ1n) is 7.87. The van der Waals surface area contributed by atoms with Crippen LogP contribution < -0.4 is 10.1 Å². The van der Waals surface area contributed by atoms with Gasteiger partial charge in [-0.1, -0.05) is 19.0 Å². The van der Waals surface area contributed by atoms with Gasteiger partial charge in [-0.05, 0) is 24.6 Å². The quantitative estimate of drug-likeness (QED) is 0.825. The van der Waals surface area contributed by atoms with Gasteiger partial charge in [0.2, 0.25) is 5.28 Å². The van der Waals surface area contributed by atoms with Crippen molar-refractivity contribution in [3.05, 3.63) is 29.4 Å². The van der Waals surface area contributed by atoms with Crippen molar-refractivity contribution in [2.45, 2.75) is 38.5 Å².